The van der Waals surface area contributed by atoms with Gasteiger partial charge in [0, 0.05) is 25.2 Å². The Balaban J connectivity index is 1.92. The zero-order chi connectivity index (χ0) is 13.2. The number of rotatable bonds is 4. The quantitative estimate of drug-likeness (QED) is 0.769. The van der Waals surface area contributed by atoms with Crippen LogP contribution in [0.15, 0.2) is 36.8 Å². The molecule has 0 spiro atoms. The molecule has 0 saturated carbocycles. The van der Waals surface area contributed by atoms with E-state index in [1.54, 1.807) is 0 Å². The normalized spacial score (nSPS) is 11.3. The number of aromatic nitrogens is 4. The number of nitrogens with zero attached hydrogens (tertiary/aromatic N) is 4. The fraction of sp³-hybridized carbons (Fsp3) is 0.286. The summed E-state index contributed by atoms with van der Waals surface area (Å²) < 4.78 is 4.00. The second kappa shape index (κ2) is 4.85. The molecule has 0 radical (unpaired) electrons. The summed E-state index contributed by atoms with van der Waals surface area (Å²) >= 11 is 0. The molecule has 0 bridgehead atoms. The summed E-state index contributed by atoms with van der Waals surface area (Å²) in [4.78, 5) is 4.35. The second-order valence-corrected chi connectivity index (χ2v) is 4.66. The van der Waals surface area contributed by atoms with Crippen molar-refractivity contribution in [1.29, 1.82) is 0 Å². The number of nitrogens with one attached hydrogen (secondary N) is 1. The number of aryl methyl sites for hydroxylation is 1. The van der Waals surface area contributed by atoms with Crippen LogP contribution in [0.1, 0.15) is 11.4 Å². The van der Waals surface area contributed by atoms with Crippen LogP contribution < -0.4 is 5.32 Å². The topological polar surface area (TPSA) is 47.7 Å². The fourth-order valence-electron chi connectivity index (χ4n) is 2.34. The van der Waals surface area contributed by atoms with E-state index in [1.165, 1.54) is 5.39 Å². The lowest BCUT2D eigenvalue weighted by molar-refractivity contribution is 0.717. The lowest BCUT2D eigenvalue weighted by Gasteiger charge is -1.98. The first-order valence-corrected chi connectivity index (χ1v) is 6.34. The number of benzene rings is 1. The molecule has 0 saturated heterocycles. The molecule has 19 heavy (non-hydrogen) atoms. The molecule has 1 aromatic carbocycles. The summed E-state index contributed by atoms with van der Waals surface area (Å²) in [6.45, 7) is 1.54. The molecule has 0 unspecified atom stereocenters. The van der Waals surface area contributed by atoms with Crippen molar-refractivity contribution in [3.63, 3.8) is 0 Å². The van der Waals surface area contributed by atoms with E-state index < -0.39 is 0 Å². The van der Waals surface area contributed by atoms with Crippen molar-refractivity contribution in [3.8, 4) is 0 Å². The van der Waals surface area contributed by atoms with Crippen LogP contribution in [0.5, 0.6) is 0 Å². The minimum Gasteiger partial charge on any atom is -0.331 e. The first-order valence-electron chi connectivity index (χ1n) is 6.34. The second-order valence-electron chi connectivity index (χ2n) is 4.66. The maximum atomic E-state index is 4.59. The minimum absolute atomic E-state index is 0.748. The molecule has 0 aliphatic carbocycles. The molecule has 2 aromatic heterocycles. The van der Waals surface area contributed by atoms with Crippen LogP contribution in [0.4, 0.5) is 0 Å². The Kier molecular flexibility index (Phi) is 3.05. The van der Waals surface area contributed by atoms with Gasteiger partial charge in [-0.25, -0.2) is 4.98 Å². The van der Waals surface area contributed by atoms with Gasteiger partial charge in [-0.3, -0.25) is 4.68 Å². The molecule has 5 nitrogen and oxygen atoms in total. The van der Waals surface area contributed by atoms with Crippen molar-refractivity contribution in [2.24, 2.45) is 7.05 Å². The van der Waals surface area contributed by atoms with Gasteiger partial charge >= 0.3 is 0 Å². The number of hydrogen-bond acceptors (Lipinski definition) is 3. The number of hydrogen-bond donors (Lipinski definition) is 1. The number of fused-ring (bicyclic) bond motifs is 1. The van der Waals surface area contributed by atoms with Gasteiger partial charge in [-0.15, -0.1) is 0 Å². The van der Waals surface area contributed by atoms with E-state index in [0.717, 1.165) is 30.0 Å². The van der Waals surface area contributed by atoms with E-state index in [2.05, 4.69) is 38.3 Å². The van der Waals surface area contributed by atoms with Crippen molar-refractivity contribution in [2.45, 2.75) is 13.1 Å². The highest BCUT2D eigenvalue weighted by atomic mass is 15.3. The van der Waals surface area contributed by atoms with E-state index in [1.807, 2.05) is 37.2 Å². The zero-order valence-electron chi connectivity index (χ0n) is 11.2. The van der Waals surface area contributed by atoms with Gasteiger partial charge in [-0.05, 0) is 13.1 Å². The maximum Gasteiger partial charge on any atom is 0.0953 e. The predicted octanol–water partition coefficient (Wildman–Crippen LogP) is 1.54. The van der Waals surface area contributed by atoms with Gasteiger partial charge in [-0.1, -0.05) is 18.2 Å². The van der Waals surface area contributed by atoms with Gasteiger partial charge in [-0.2, -0.15) is 5.10 Å². The molecule has 0 aliphatic heterocycles. The molecular formula is C14H17N5. The van der Waals surface area contributed by atoms with Crippen molar-refractivity contribution in [1.82, 2.24) is 24.6 Å². The van der Waals surface area contributed by atoms with Gasteiger partial charge in [0.05, 0.1) is 29.8 Å². The van der Waals surface area contributed by atoms with E-state index in [9.17, 15) is 0 Å². The van der Waals surface area contributed by atoms with Gasteiger partial charge in [0.1, 0.15) is 0 Å². The fourth-order valence-corrected chi connectivity index (χ4v) is 2.34. The van der Waals surface area contributed by atoms with Crippen molar-refractivity contribution < 1.29 is 0 Å². The van der Waals surface area contributed by atoms with Crippen LogP contribution >= 0.6 is 0 Å². The summed E-state index contributed by atoms with van der Waals surface area (Å²) in [7, 11) is 3.90. The third kappa shape index (κ3) is 2.24. The third-order valence-electron chi connectivity index (χ3n) is 3.21. The Morgan fingerprint density at radius 1 is 1.26 bits per heavy atom. The highest BCUT2D eigenvalue weighted by Gasteiger charge is 2.08. The first kappa shape index (κ1) is 11.9. The van der Waals surface area contributed by atoms with Gasteiger partial charge in [0.2, 0.25) is 0 Å². The maximum absolute atomic E-state index is 4.59. The Hall–Kier alpha value is -2.14. The predicted molar refractivity (Wildman–Crippen MR) is 74.8 cm³/mol. The highest BCUT2D eigenvalue weighted by Crippen LogP contribution is 2.18. The SMILES string of the molecule is CNCc1cn(Cc2nn(C)c3ccccc23)cn1. The molecule has 1 N–H and O–H groups in total. The molecule has 98 valence electrons. The smallest absolute Gasteiger partial charge is 0.0953 e. The van der Waals surface area contributed by atoms with Crippen LogP contribution in [-0.2, 0) is 20.1 Å². The molecule has 3 rings (SSSR count). The Morgan fingerprint density at radius 2 is 2.11 bits per heavy atom. The highest BCUT2D eigenvalue weighted by molar-refractivity contribution is 5.81. The van der Waals surface area contributed by atoms with E-state index in [4.69, 9.17) is 0 Å². The van der Waals surface area contributed by atoms with Crippen LogP contribution in [0, 0.1) is 0 Å². The van der Waals surface area contributed by atoms with Crippen LogP contribution in [-0.4, -0.2) is 26.4 Å². The molecule has 5 heteroatoms. The lowest BCUT2D eigenvalue weighted by Crippen LogP contribution is -2.05. The van der Waals surface area contributed by atoms with Crippen molar-refractivity contribution in [3.05, 3.63) is 48.2 Å². The minimum atomic E-state index is 0.748. The molecule has 2 heterocycles. The largest absolute Gasteiger partial charge is 0.331 e. The Bertz CT molecular complexity index is 695. The summed E-state index contributed by atoms with van der Waals surface area (Å²) in [5.74, 6) is 0. The molecule has 0 amide bonds. The molecular weight excluding hydrogens is 238 g/mol. The van der Waals surface area contributed by atoms with Gasteiger partial charge in [0.25, 0.3) is 0 Å². The average molecular weight is 255 g/mol. The van der Waals surface area contributed by atoms with Crippen LogP contribution in [0.3, 0.4) is 0 Å². The van der Waals surface area contributed by atoms with Crippen molar-refractivity contribution >= 4 is 10.9 Å². The lowest BCUT2D eigenvalue weighted by atomic mass is 10.2. The molecule has 3 aromatic rings. The standard InChI is InChI=1S/C14H17N5/c1-15-7-11-8-19(10-16-11)9-13-12-5-3-4-6-14(12)18(2)17-13/h3-6,8,10,15H,7,9H2,1-2H3. The van der Waals surface area contributed by atoms with Gasteiger partial charge in [0.15, 0.2) is 0 Å². The summed E-state index contributed by atoms with van der Waals surface area (Å²) in [6, 6.07) is 8.29. The summed E-state index contributed by atoms with van der Waals surface area (Å²) in [6.07, 6.45) is 3.91. The van der Waals surface area contributed by atoms with Gasteiger partial charge < -0.3 is 9.88 Å². The van der Waals surface area contributed by atoms with Crippen molar-refractivity contribution in [2.75, 3.05) is 7.05 Å². The monoisotopic (exact) mass is 255 g/mol. The average Bonchev–Trinajstić information content (AvgIpc) is 2.97. The zero-order valence-corrected chi connectivity index (χ0v) is 11.2. The molecule has 0 atom stereocenters. The first-order chi connectivity index (χ1) is 9.28. The van der Waals surface area contributed by atoms with Crippen LogP contribution in [0.25, 0.3) is 10.9 Å². The summed E-state index contributed by atoms with van der Waals surface area (Å²) in [5.41, 5.74) is 3.28. The van der Waals surface area contributed by atoms with E-state index in [0.29, 0.717) is 0 Å². The molecule has 0 fully saturated rings. The van der Waals surface area contributed by atoms with Crippen LogP contribution in [0.2, 0.25) is 0 Å². The number of imidazole rings is 1. The Labute approximate surface area is 111 Å². The molecule has 0 aliphatic rings. The third-order valence-corrected chi connectivity index (χ3v) is 3.21. The van der Waals surface area contributed by atoms with E-state index in [-0.39, 0.29) is 0 Å². The number of para-hydroxylation sites is 1. The summed E-state index contributed by atoms with van der Waals surface area (Å²) in [5, 5.41) is 8.89. The van der Waals surface area contributed by atoms with E-state index >= 15 is 0 Å². The Morgan fingerprint density at radius 3 is 2.95 bits per heavy atom.